The smallest absolute Gasteiger partial charge is 0.270 e. The maximum absolute atomic E-state index is 12.0. The van der Waals surface area contributed by atoms with Crippen molar-refractivity contribution in [1.82, 2.24) is 4.98 Å². The molecule has 0 aliphatic rings. The molecule has 146 valence electrons. The SMILES string of the molecule is Cc1ccc(-c2nc(CCNc3ccc([N+](=O)[O-])cc3S(C)(=O)=O)co2)cc1. The van der Waals surface area contributed by atoms with Gasteiger partial charge in [0, 0.05) is 36.9 Å². The Morgan fingerprint density at radius 1 is 1.18 bits per heavy atom. The molecule has 2 aromatic carbocycles. The van der Waals surface area contributed by atoms with Gasteiger partial charge >= 0.3 is 0 Å². The van der Waals surface area contributed by atoms with Crippen LogP contribution in [0.5, 0.6) is 0 Å². The minimum Gasteiger partial charge on any atom is -0.444 e. The maximum Gasteiger partial charge on any atom is 0.270 e. The summed E-state index contributed by atoms with van der Waals surface area (Å²) < 4.78 is 29.4. The Hall–Kier alpha value is -3.20. The van der Waals surface area contributed by atoms with Crippen LogP contribution in [0.4, 0.5) is 11.4 Å². The molecule has 0 saturated heterocycles. The first-order valence-electron chi connectivity index (χ1n) is 8.48. The summed E-state index contributed by atoms with van der Waals surface area (Å²) in [6, 6.07) is 11.5. The molecule has 0 unspecified atom stereocenters. The van der Waals surface area contributed by atoms with E-state index < -0.39 is 14.8 Å². The van der Waals surface area contributed by atoms with Crippen LogP contribution >= 0.6 is 0 Å². The van der Waals surface area contributed by atoms with Crippen molar-refractivity contribution in [2.45, 2.75) is 18.2 Å². The Morgan fingerprint density at radius 3 is 2.54 bits per heavy atom. The Kier molecular flexibility index (Phi) is 5.46. The molecular weight excluding hydrogens is 382 g/mol. The van der Waals surface area contributed by atoms with Crippen molar-refractivity contribution >= 4 is 21.2 Å². The molecule has 3 rings (SSSR count). The van der Waals surface area contributed by atoms with Gasteiger partial charge in [-0.2, -0.15) is 0 Å². The molecule has 0 bridgehead atoms. The van der Waals surface area contributed by atoms with Crippen molar-refractivity contribution in [3.05, 3.63) is 70.1 Å². The normalized spacial score (nSPS) is 11.4. The fraction of sp³-hybridized carbons (Fsp3) is 0.211. The van der Waals surface area contributed by atoms with Crippen LogP contribution in [0.2, 0.25) is 0 Å². The van der Waals surface area contributed by atoms with Gasteiger partial charge in [0.2, 0.25) is 5.89 Å². The molecule has 0 aliphatic carbocycles. The third kappa shape index (κ3) is 4.55. The second kappa shape index (κ2) is 7.81. The average molecular weight is 401 g/mol. The van der Waals surface area contributed by atoms with Crippen LogP contribution in [-0.2, 0) is 16.3 Å². The second-order valence-electron chi connectivity index (χ2n) is 6.40. The molecule has 1 heterocycles. The maximum atomic E-state index is 12.0. The first-order valence-corrected chi connectivity index (χ1v) is 10.4. The summed E-state index contributed by atoms with van der Waals surface area (Å²) in [4.78, 5) is 14.6. The van der Waals surface area contributed by atoms with Gasteiger partial charge in [0.15, 0.2) is 9.84 Å². The minimum absolute atomic E-state index is 0.109. The predicted octanol–water partition coefficient (Wildman–Crippen LogP) is 3.62. The van der Waals surface area contributed by atoms with E-state index in [1.165, 1.54) is 12.1 Å². The number of oxazole rings is 1. The fourth-order valence-corrected chi connectivity index (χ4v) is 3.53. The molecule has 0 aliphatic heterocycles. The molecular formula is C19H19N3O5S. The summed E-state index contributed by atoms with van der Waals surface area (Å²) in [6.45, 7) is 2.39. The van der Waals surface area contributed by atoms with Crippen LogP contribution < -0.4 is 5.32 Å². The van der Waals surface area contributed by atoms with E-state index >= 15 is 0 Å². The Labute approximate surface area is 162 Å². The van der Waals surface area contributed by atoms with Gasteiger partial charge in [0.1, 0.15) is 6.26 Å². The van der Waals surface area contributed by atoms with Crippen LogP contribution in [0.15, 0.2) is 58.0 Å². The highest BCUT2D eigenvalue weighted by atomic mass is 32.2. The number of aromatic nitrogens is 1. The lowest BCUT2D eigenvalue weighted by atomic mass is 10.1. The average Bonchev–Trinajstić information content (AvgIpc) is 3.10. The van der Waals surface area contributed by atoms with Crippen LogP contribution in [0.25, 0.3) is 11.5 Å². The van der Waals surface area contributed by atoms with Crippen molar-refractivity contribution in [3.8, 4) is 11.5 Å². The van der Waals surface area contributed by atoms with Gasteiger partial charge in [0.25, 0.3) is 5.69 Å². The van der Waals surface area contributed by atoms with Crippen molar-refractivity contribution in [1.29, 1.82) is 0 Å². The largest absolute Gasteiger partial charge is 0.444 e. The summed E-state index contributed by atoms with van der Waals surface area (Å²) in [6.07, 6.45) is 3.07. The van der Waals surface area contributed by atoms with Crippen molar-refractivity contribution < 1.29 is 17.8 Å². The molecule has 0 saturated carbocycles. The standard InChI is InChI=1S/C19H19N3O5S/c1-13-3-5-14(6-4-13)19-21-15(12-27-19)9-10-20-17-8-7-16(22(23)24)11-18(17)28(2,25)26/h3-8,11-12,20H,9-10H2,1-2H3. The topological polar surface area (TPSA) is 115 Å². The van der Waals surface area contributed by atoms with Gasteiger partial charge in [-0.15, -0.1) is 0 Å². The molecule has 0 fully saturated rings. The number of nitrogens with zero attached hydrogens (tertiary/aromatic N) is 2. The van der Waals surface area contributed by atoms with Gasteiger partial charge in [-0.3, -0.25) is 10.1 Å². The van der Waals surface area contributed by atoms with E-state index in [0.717, 1.165) is 23.4 Å². The number of anilines is 1. The lowest BCUT2D eigenvalue weighted by Crippen LogP contribution is -2.10. The van der Waals surface area contributed by atoms with E-state index in [4.69, 9.17) is 4.42 Å². The zero-order chi connectivity index (χ0) is 20.3. The number of non-ortho nitro benzene ring substituents is 1. The monoisotopic (exact) mass is 401 g/mol. The number of hydrogen-bond acceptors (Lipinski definition) is 7. The van der Waals surface area contributed by atoms with Crippen LogP contribution in [0.1, 0.15) is 11.3 Å². The van der Waals surface area contributed by atoms with Crippen molar-refractivity contribution in [2.24, 2.45) is 0 Å². The number of rotatable bonds is 7. The molecule has 3 aromatic rings. The van der Waals surface area contributed by atoms with E-state index in [1.54, 1.807) is 6.26 Å². The molecule has 1 aromatic heterocycles. The fourth-order valence-electron chi connectivity index (χ4n) is 2.65. The summed E-state index contributed by atoms with van der Waals surface area (Å²) in [5, 5.41) is 13.9. The Balaban J connectivity index is 1.70. The predicted molar refractivity (Wildman–Crippen MR) is 105 cm³/mol. The number of hydrogen-bond donors (Lipinski definition) is 1. The highest BCUT2D eigenvalue weighted by molar-refractivity contribution is 7.90. The van der Waals surface area contributed by atoms with Crippen LogP contribution in [0.3, 0.4) is 0 Å². The second-order valence-corrected chi connectivity index (χ2v) is 8.38. The van der Waals surface area contributed by atoms with Gasteiger partial charge < -0.3 is 9.73 Å². The zero-order valence-corrected chi connectivity index (χ0v) is 16.2. The van der Waals surface area contributed by atoms with E-state index in [0.29, 0.717) is 30.2 Å². The third-order valence-corrected chi connectivity index (χ3v) is 5.26. The third-order valence-electron chi connectivity index (χ3n) is 4.12. The number of nitrogens with one attached hydrogen (secondary N) is 1. The van der Waals surface area contributed by atoms with E-state index in [1.807, 2.05) is 31.2 Å². The molecule has 9 heteroatoms. The minimum atomic E-state index is -3.62. The van der Waals surface area contributed by atoms with Gasteiger partial charge in [0.05, 0.1) is 21.2 Å². The van der Waals surface area contributed by atoms with Gasteiger partial charge in [-0.05, 0) is 25.1 Å². The highest BCUT2D eigenvalue weighted by Gasteiger charge is 2.18. The zero-order valence-electron chi connectivity index (χ0n) is 15.4. The summed E-state index contributed by atoms with van der Waals surface area (Å²) in [5.41, 5.74) is 2.77. The van der Waals surface area contributed by atoms with E-state index in [2.05, 4.69) is 10.3 Å². The molecule has 0 radical (unpaired) electrons. The molecule has 1 N–H and O–H groups in total. The quantitative estimate of drug-likeness (QED) is 0.475. The lowest BCUT2D eigenvalue weighted by Gasteiger charge is -2.10. The summed E-state index contributed by atoms with van der Waals surface area (Å²) >= 11 is 0. The molecule has 28 heavy (non-hydrogen) atoms. The van der Waals surface area contributed by atoms with E-state index in [9.17, 15) is 18.5 Å². The number of nitro groups is 1. The Morgan fingerprint density at radius 2 is 1.89 bits per heavy atom. The summed E-state index contributed by atoms with van der Waals surface area (Å²) in [5.74, 6) is 0.516. The molecule has 0 amide bonds. The molecule has 0 atom stereocenters. The Bertz CT molecular complexity index is 1100. The number of aryl methyl sites for hydroxylation is 1. The van der Waals surface area contributed by atoms with Crippen molar-refractivity contribution in [3.63, 3.8) is 0 Å². The first kappa shape index (κ1) is 19.6. The first-order chi connectivity index (χ1) is 13.2. The van der Waals surface area contributed by atoms with Gasteiger partial charge in [-0.25, -0.2) is 13.4 Å². The summed E-state index contributed by atoms with van der Waals surface area (Å²) in [7, 11) is -3.62. The van der Waals surface area contributed by atoms with Crippen LogP contribution in [-0.4, -0.2) is 31.1 Å². The molecule has 0 spiro atoms. The van der Waals surface area contributed by atoms with Crippen molar-refractivity contribution in [2.75, 3.05) is 18.1 Å². The number of sulfone groups is 1. The van der Waals surface area contributed by atoms with E-state index in [-0.39, 0.29) is 10.6 Å². The molecule has 8 nitrogen and oxygen atoms in total. The van der Waals surface area contributed by atoms with Gasteiger partial charge in [-0.1, -0.05) is 17.7 Å². The van der Waals surface area contributed by atoms with Crippen LogP contribution in [0, 0.1) is 17.0 Å². The number of nitro benzene ring substituents is 1. The lowest BCUT2D eigenvalue weighted by molar-refractivity contribution is -0.385. The highest BCUT2D eigenvalue weighted by Crippen LogP contribution is 2.26. The number of benzene rings is 2.